The number of hydrogen-bond acceptors (Lipinski definition) is 3. The Bertz CT molecular complexity index is 789. The van der Waals surface area contributed by atoms with Crippen LogP contribution in [0.4, 0.5) is 8.78 Å². The first-order valence-corrected chi connectivity index (χ1v) is 10.2. The zero-order chi connectivity index (χ0) is 18.5. The van der Waals surface area contributed by atoms with E-state index in [1.54, 1.807) is 4.90 Å². The minimum absolute atomic E-state index is 0.0409. The Labute approximate surface area is 152 Å². The fourth-order valence-electron chi connectivity index (χ4n) is 3.89. The summed E-state index contributed by atoms with van der Waals surface area (Å²) in [4.78, 5) is 27.4. The molecule has 0 N–H and O–H groups in total. The number of likely N-dealkylation sites (tertiary alicyclic amines) is 1. The lowest BCUT2D eigenvalue weighted by molar-refractivity contribution is -0.131. The molecule has 1 aromatic carbocycles. The zero-order valence-corrected chi connectivity index (χ0v) is 15.1. The van der Waals surface area contributed by atoms with Crippen LogP contribution in [0.3, 0.4) is 0 Å². The molecule has 0 radical (unpaired) electrons. The Kier molecular flexibility index (Phi) is 4.33. The molecule has 2 saturated heterocycles. The molecule has 26 heavy (non-hydrogen) atoms. The lowest BCUT2D eigenvalue weighted by Gasteiger charge is -2.43. The number of benzene rings is 1. The van der Waals surface area contributed by atoms with E-state index >= 15 is 0 Å². The summed E-state index contributed by atoms with van der Waals surface area (Å²) in [6, 6.07) is 2.81. The van der Waals surface area contributed by atoms with Crippen LogP contribution in [0.25, 0.3) is 0 Å². The van der Waals surface area contributed by atoms with Crippen LogP contribution < -0.4 is 0 Å². The van der Waals surface area contributed by atoms with Crippen molar-refractivity contribution in [2.24, 2.45) is 5.92 Å². The SMILES string of the molecule is O=C(c1cc(F)ccc1F)N1CCC2(CC1)N(CC1CC1)C(=O)CS2=O. The van der Waals surface area contributed by atoms with Gasteiger partial charge in [-0.15, -0.1) is 0 Å². The van der Waals surface area contributed by atoms with Crippen LogP contribution in [0.5, 0.6) is 0 Å². The van der Waals surface area contributed by atoms with E-state index in [4.69, 9.17) is 0 Å². The smallest absolute Gasteiger partial charge is 0.256 e. The fourth-order valence-corrected chi connectivity index (χ4v) is 5.60. The molecule has 2 aliphatic heterocycles. The van der Waals surface area contributed by atoms with E-state index < -0.39 is 33.2 Å². The van der Waals surface area contributed by atoms with Crippen LogP contribution in [-0.4, -0.2) is 56.1 Å². The first-order valence-electron chi connectivity index (χ1n) is 8.84. The topological polar surface area (TPSA) is 57.7 Å². The molecule has 3 fully saturated rings. The first kappa shape index (κ1) is 17.6. The second kappa shape index (κ2) is 6.40. The van der Waals surface area contributed by atoms with Gasteiger partial charge in [-0.2, -0.15) is 0 Å². The average Bonchev–Trinajstić information content (AvgIpc) is 3.41. The molecule has 1 unspecified atom stereocenters. The van der Waals surface area contributed by atoms with E-state index in [2.05, 4.69) is 0 Å². The Morgan fingerprint density at radius 1 is 1.23 bits per heavy atom. The van der Waals surface area contributed by atoms with Crippen molar-refractivity contribution in [3.63, 3.8) is 0 Å². The van der Waals surface area contributed by atoms with Crippen LogP contribution in [-0.2, 0) is 15.6 Å². The van der Waals surface area contributed by atoms with Crippen molar-refractivity contribution < 1.29 is 22.6 Å². The van der Waals surface area contributed by atoms with Crippen molar-refractivity contribution in [2.45, 2.75) is 30.6 Å². The van der Waals surface area contributed by atoms with Gasteiger partial charge in [-0.1, -0.05) is 0 Å². The lowest BCUT2D eigenvalue weighted by Crippen LogP contribution is -2.56. The largest absolute Gasteiger partial charge is 0.338 e. The predicted octanol–water partition coefficient (Wildman–Crippen LogP) is 1.90. The number of hydrogen-bond donors (Lipinski definition) is 0. The Balaban J connectivity index is 1.50. The maximum absolute atomic E-state index is 13.9. The molecule has 1 saturated carbocycles. The highest BCUT2D eigenvalue weighted by atomic mass is 32.2. The van der Waals surface area contributed by atoms with E-state index in [9.17, 15) is 22.6 Å². The maximum Gasteiger partial charge on any atom is 0.256 e. The summed E-state index contributed by atoms with van der Waals surface area (Å²) in [5, 5.41) is 0. The maximum atomic E-state index is 13.9. The van der Waals surface area contributed by atoms with E-state index in [1.807, 2.05) is 0 Å². The molecule has 1 atom stereocenters. The van der Waals surface area contributed by atoms with Gasteiger partial charge in [-0.3, -0.25) is 13.8 Å². The van der Waals surface area contributed by atoms with Gasteiger partial charge in [0.2, 0.25) is 5.91 Å². The molecule has 1 aliphatic carbocycles. The van der Waals surface area contributed by atoms with Crippen molar-refractivity contribution >= 4 is 22.6 Å². The molecule has 3 aliphatic rings. The van der Waals surface area contributed by atoms with Gasteiger partial charge in [0.25, 0.3) is 5.91 Å². The summed E-state index contributed by atoms with van der Waals surface area (Å²) < 4.78 is 39.9. The monoisotopic (exact) mass is 382 g/mol. The number of nitrogens with zero attached hydrogens (tertiary/aromatic N) is 2. The van der Waals surface area contributed by atoms with Gasteiger partial charge in [0, 0.05) is 32.5 Å². The predicted molar refractivity (Wildman–Crippen MR) is 91.7 cm³/mol. The van der Waals surface area contributed by atoms with Crippen molar-refractivity contribution in [2.75, 3.05) is 25.4 Å². The summed E-state index contributed by atoms with van der Waals surface area (Å²) >= 11 is 0. The lowest BCUT2D eigenvalue weighted by atomic mass is 10.0. The quantitative estimate of drug-likeness (QED) is 0.802. The third-order valence-corrected chi connectivity index (χ3v) is 7.59. The number of carbonyl (C=O) groups excluding carboxylic acids is 2. The normalized spacial score (nSPS) is 25.2. The Morgan fingerprint density at radius 3 is 2.58 bits per heavy atom. The molecule has 5 nitrogen and oxygen atoms in total. The van der Waals surface area contributed by atoms with Crippen molar-refractivity contribution in [3.8, 4) is 0 Å². The number of piperidine rings is 1. The molecule has 8 heteroatoms. The molecule has 1 aromatic rings. The van der Waals surface area contributed by atoms with Crippen molar-refractivity contribution in [3.05, 3.63) is 35.4 Å². The van der Waals surface area contributed by atoms with Gasteiger partial charge in [-0.05, 0) is 37.0 Å². The van der Waals surface area contributed by atoms with E-state index in [0.717, 1.165) is 31.0 Å². The highest BCUT2D eigenvalue weighted by molar-refractivity contribution is 7.87. The summed E-state index contributed by atoms with van der Waals surface area (Å²) in [6.07, 6.45) is 2.99. The van der Waals surface area contributed by atoms with Crippen LogP contribution in [0.2, 0.25) is 0 Å². The number of amides is 2. The van der Waals surface area contributed by atoms with Gasteiger partial charge < -0.3 is 9.80 Å². The highest BCUT2D eigenvalue weighted by Crippen LogP contribution is 2.41. The molecule has 2 heterocycles. The molecule has 0 aromatic heterocycles. The number of rotatable bonds is 3. The highest BCUT2D eigenvalue weighted by Gasteiger charge is 2.54. The number of halogens is 2. The molecule has 4 rings (SSSR count). The van der Waals surface area contributed by atoms with Gasteiger partial charge in [0.05, 0.1) is 16.4 Å². The Hall–Kier alpha value is -1.83. The summed E-state index contributed by atoms with van der Waals surface area (Å²) in [5.74, 6) is -1.54. The van der Waals surface area contributed by atoms with Crippen molar-refractivity contribution in [1.29, 1.82) is 0 Å². The second-order valence-electron chi connectivity index (χ2n) is 7.30. The van der Waals surface area contributed by atoms with Crippen LogP contribution in [0, 0.1) is 17.6 Å². The minimum atomic E-state index is -1.29. The summed E-state index contributed by atoms with van der Waals surface area (Å²) in [7, 11) is -1.29. The second-order valence-corrected chi connectivity index (χ2v) is 9.04. The zero-order valence-electron chi connectivity index (χ0n) is 14.2. The van der Waals surface area contributed by atoms with Gasteiger partial charge >= 0.3 is 0 Å². The molecule has 1 spiro atoms. The fraction of sp³-hybridized carbons (Fsp3) is 0.556. The third-order valence-electron chi connectivity index (χ3n) is 5.60. The standard InChI is InChI=1S/C18H20F2N2O3S/c19-13-3-4-15(20)14(9-13)17(24)21-7-5-18(6-8-21)22(10-12-1-2-12)16(23)11-26(18)25/h3-4,9,12H,1-2,5-8,10-11H2. The van der Waals surface area contributed by atoms with E-state index in [1.165, 1.54) is 4.90 Å². The van der Waals surface area contributed by atoms with Crippen molar-refractivity contribution in [1.82, 2.24) is 9.80 Å². The number of carbonyl (C=O) groups is 2. The molecular formula is C18H20F2N2O3S. The van der Waals surface area contributed by atoms with E-state index in [0.29, 0.717) is 25.3 Å². The van der Waals surface area contributed by atoms with E-state index in [-0.39, 0.29) is 30.3 Å². The van der Waals surface area contributed by atoms with Gasteiger partial charge in [0.15, 0.2) is 0 Å². The van der Waals surface area contributed by atoms with Crippen LogP contribution in [0.15, 0.2) is 18.2 Å². The third kappa shape index (κ3) is 2.94. The molecular weight excluding hydrogens is 362 g/mol. The molecule has 0 bridgehead atoms. The minimum Gasteiger partial charge on any atom is -0.338 e. The molecule has 2 amide bonds. The van der Waals surface area contributed by atoms with Gasteiger partial charge in [-0.25, -0.2) is 8.78 Å². The summed E-state index contributed by atoms with van der Waals surface area (Å²) in [6.45, 7) is 1.18. The van der Waals surface area contributed by atoms with Crippen LogP contribution in [0.1, 0.15) is 36.0 Å². The first-order chi connectivity index (χ1) is 12.4. The molecule has 140 valence electrons. The summed E-state index contributed by atoms with van der Waals surface area (Å²) in [5.41, 5.74) is -0.292. The van der Waals surface area contributed by atoms with Crippen LogP contribution >= 0.6 is 0 Å². The average molecular weight is 382 g/mol. The van der Waals surface area contributed by atoms with Gasteiger partial charge in [0.1, 0.15) is 22.3 Å². The Morgan fingerprint density at radius 2 is 1.92 bits per heavy atom.